The van der Waals surface area contributed by atoms with Gasteiger partial charge in [0.25, 0.3) is 0 Å². The van der Waals surface area contributed by atoms with E-state index in [9.17, 15) is 4.79 Å². The summed E-state index contributed by atoms with van der Waals surface area (Å²) < 4.78 is 1.63. The number of amides is 1. The fraction of sp³-hybridized carbons (Fsp3) is 0.500. The summed E-state index contributed by atoms with van der Waals surface area (Å²) in [5, 5.41) is 14.7. The average Bonchev–Trinajstić information content (AvgIpc) is 3.13. The molecule has 7 nitrogen and oxygen atoms in total. The van der Waals surface area contributed by atoms with Gasteiger partial charge in [-0.05, 0) is 72.8 Å². The molecule has 1 aromatic heterocycles. The van der Waals surface area contributed by atoms with E-state index < -0.39 is 0 Å². The first-order valence-electron chi connectivity index (χ1n) is 9.60. The molecule has 1 amide bonds. The Kier molecular flexibility index (Phi) is 6.15. The third-order valence-corrected chi connectivity index (χ3v) is 6.13. The molecule has 4 rings (SSSR count). The predicted molar refractivity (Wildman–Crippen MR) is 109 cm³/mol. The number of hydrogen-bond donors (Lipinski definition) is 1. The summed E-state index contributed by atoms with van der Waals surface area (Å²) in [6, 6.07) is 7.99. The maximum absolute atomic E-state index is 13.3. The van der Waals surface area contributed by atoms with Crippen LogP contribution in [0.25, 0.3) is 5.69 Å². The fourth-order valence-corrected chi connectivity index (χ4v) is 4.34. The molecular weight excluding hydrogens is 376 g/mol. The Morgan fingerprint density at radius 3 is 2.93 bits per heavy atom. The molecule has 2 fully saturated rings. The first kappa shape index (κ1) is 20.5. The van der Waals surface area contributed by atoms with Crippen LogP contribution in [0.15, 0.2) is 43.2 Å². The molecule has 2 aliphatic rings. The Bertz CT molecular complexity index is 818. The SMILES string of the molecule is C=CCN(C(=O)C1CC12CCNCC2)C(C)c1cccc(-n2cnnn2)c1.Cl. The minimum Gasteiger partial charge on any atom is -0.332 e. The number of carbonyl (C=O) groups is 1. The van der Waals surface area contributed by atoms with Crippen molar-refractivity contribution in [3.63, 3.8) is 0 Å². The van der Waals surface area contributed by atoms with E-state index in [4.69, 9.17) is 0 Å². The van der Waals surface area contributed by atoms with Crippen molar-refractivity contribution in [2.45, 2.75) is 32.2 Å². The number of hydrogen-bond acceptors (Lipinski definition) is 5. The number of benzene rings is 1. The number of piperidine rings is 1. The second-order valence-electron chi connectivity index (χ2n) is 7.67. The van der Waals surface area contributed by atoms with E-state index >= 15 is 0 Å². The highest BCUT2D eigenvalue weighted by Gasteiger charge is 2.58. The highest BCUT2D eigenvalue weighted by molar-refractivity contribution is 5.85. The molecule has 1 N–H and O–H groups in total. The van der Waals surface area contributed by atoms with Crippen molar-refractivity contribution in [2.24, 2.45) is 11.3 Å². The van der Waals surface area contributed by atoms with Gasteiger partial charge in [-0.3, -0.25) is 4.79 Å². The van der Waals surface area contributed by atoms with E-state index in [1.54, 1.807) is 11.0 Å². The number of aromatic nitrogens is 4. The van der Waals surface area contributed by atoms with Crippen LogP contribution in [0.2, 0.25) is 0 Å². The monoisotopic (exact) mass is 402 g/mol. The quantitative estimate of drug-likeness (QED) is 0.751. The summed E-state index contributed by atoms with van der Waals surface area (Å²) >= 11 is 0. The molecule has 2 unspecified atom stereocenters. The van der Waals surface area contributed by atoms with E-state index in [-0.39, 0.29) is 35.7 Å². The molecular formula is C20H27ClN6O. The van der Waals surface area contributed by atoms with Crippen molar-refractivity contribution in [1.82, 2.24) is 30.4 Å². The number of nitrogens with zero attached hydrogens (tertiary/aromatic N) is 5. The van der Waals surface area contributed by atoms with Crippen LogP contribution >= 0.6 is 12.4 Å². The van der Waals surface area contributed by atoms with Crippen molar-refractivity contribution in [2.75, 3.05) is 19.6 Å². The fourth-order valence-electron chi connectivity index (χ4n) is 4.34. The first-order chi connectivity index (χ1) is 13.1. The molecule has 1 saturated heterocycles. The van der Waals surface area contributed by atoms with E-state index in [0.29, 0.717) is 6.54 Å². The highest BCUT2D eigenvalue weighted by Crippen LogP contribution is 2.59. The molecule has 2 heterocycles. The third kappa shape index (κ3) is 3.82. The number of carbonyl (C=O) groups excluding carboxylic acids is 1. The standard InChI is InChI=1S/C20H26N6O.ClH/c1-3-11-25(19(27)18-13-20(18)7-9-21-10-8-20)15(2)16-5-4-6-17(12-16)26-14-22-23-24-26;/h3-6,12,14-15,18,21H,1,7-11,13H2,2H3;1H. The van der Waals surface area contributed by atoms with E-state index in [1.165, 1.54) is 0 Å². The van der Waals surface area contributed by atoms with Crippen molar-refractivity contribution in [1.29, 1.82) is 0 Å². The van der Waals surface area contributed by atoms with Crippen LogP contribution in [-0.4, -0.2) is 50.6 Å². The van der Waals surface area contributed by atoms with E-state index in [2.05, 4.69) is 40.4 Å². The van der Waals surface area contributed by atoms with E-state index in [0.717, 1.165) is 43.6 Å². The summed E-state index contributed by atoms with van der Waals surface area (Å²) in [7, 11) is 0. The van der Waals surface area contributed by atoms with E-state index in [1.807, 2.05) is 29.2 Å². The van der Waals surface area contributed by atoms with Gasteiger partial charge in [0.1, 0.15) is 6.33 Å². The van der Waals surface area contributed by atoms with Gasteiger partial charge in [0.15, 0.2) is 0 Å². The van der Waals surface area contributed by atoms with Gasteiger partial charge in [0.2, 0.25) is 5.91 Å². The summed E-state index contributed by atoms with van der Waals surface area (Å²) in [6.07, 6.45) is 6.63. The van der Waals surface area contributed by atoms with Crippen LogP contribution in [0.1, 0.15) is 37.8 Å². The molecule has 2 aromatic rings. The van der Waals surface area contributed by atoms with Crippen LogP contribution in [0, 0.1) is 11.3 Å². The zero-order chi connectivity index (χ0) is 18.9. The molecule has 1 aliphatic heterocycles. The summed E-state index contributed by atoms with van der Waals surface area (Å²) in [6.45, 7) is 8.55. The van der Waals surface area contributed by atoms with Crippen LogP contribution in [0.5, 0.6) is 0 Å². The zero-order valence-electron chi connectivity index (χ0n) is 16.1. The lowest BCUT2D eigenvalue weighted by Gasteiger charge is -2.31. The third-order valence-electron chi connectivity index (χ3n) is 6.13. The second-order valence-corrected chi connectivity index (χ2v) is 7.67. The van der Waals surface area contributed by atoms with Gasteiger partial charge in [0, 0.05) is 12.5 Å². The summed E-state index contributed by atoms with van der Waals surface area (Å²) in [5.74, 6) is 0.418. The van der Waals surface area contributed by atoms with Crippen molar-refractivity contribution < 1.29 is 4.79 Å². The molecule has 8 heteroatoms. The van der Waals surface area contributed by atoms with Crippen molar-refractivity contribution >= 4 is 18.3 Å². The smallest absolute Gasteiger partial charge is 0.227 e. The van der Waals surface area contributed by atoms with Gasteiger partial charge in [-0.1, -0.05) is 18.2 Å². The lowest BCUT2D eigenvalue weighted by molar-refractivity contribution is -0.135. The number of halogens is 1. The number of rotatable bonds is 6. The molecule has 1 aromatic carbocycles. The maximum Gasteiger partial charge on any atom is 0.227 e. The minimum absolute atomic E-state index is 0. The van der Waals surface area contributed by atoms with Crippen molar-refractivity contribution in [3.8, 4) is 5.69 Å². The summed E-state index contributed by atoms with van der Waals surface area (Å²) in [4.78, 5) is 15.3. The molecule has 1 aliphatic carbocycles. The number of nitrogens with one attached hydrogen (secondary N) is 1. The Morgan fingerprint density at radius 1 is 1.46 bits per heavy atom. The normalized spacial score (nSPS) is 20.8. The topological polar surface area (TPSA) is 75.9 Å². The Balaban J connectivity index is 0.00000225. The van der Waals surface area contributed by atoms with Crippen molar-refractivity contribution in [3.05, 3.63) is 48.8 Å². The highest BCUT2D eigenvalue weighted by atomic mass is 35.5. The molecule has 1 saturated carbocycles. The van der Waals surface area contributed by atoms with Gasteiger partial charge in [0.05, 0.1) is 11.7 Å². The second kappa shape index (κ2) is 8.41. The molecule has 28 heavy (non-hydrogen) atoms. The number of tetrazole rings is 1. The lowest BCUT2D eigenvalue weighted by Crippen LogP contribution is -2.38. The van der Waals surface area contributed by atoms with Crippen LogP contribution in [0.4, 0.5) is 0 Å². The van der Waals surface area contributed by atoms with Gasteiger partial charge in [-0.2, -0.15) is 0 Å². The molecule has 2 atom stereocenters. The molecule has 1 spiro atoms. The van der Waals surface area contributed by atoms with Gasteiger partial charge in [-0.25, -0.2) is 4.68 Å². The van der Waals surface area contributed by atoms with Gasteiger partial charge >= 0.3 is 0 Å². The maximum atomic E-state index is 13.3. The Hall–Kier alpha value is -2.25. The van der Waals surface area contributed by atoms with Crippen LogP contribution in [0.3, 0.4) is 0 Å². The molecule has 0 radical (unpaired) electrons. The average molecular weight is 403 g/mol. The van der Waals surface area contributed by atoms with Gasteiger partial charge < -0.3 is 10.2 Å². The largest absolute Gasteiger partial charge is 0.332 e. The first-order valence-corrected chi connectivity index (χ1v) is 9.60. The minimum atomic E-state index is -0.0358. The predicted octanol–water partition coefficient (Wildman–Crippen LogP) is 2.55. The molecule has 150 valence electrons. The zero-order valence-corrected chi connectivity index (χ0v) is 16.9. The Morgan fingerprint density at radius 2 is 2.25 bits per heavy atom. The summed E-state index contributed by atoms with van der Waals surface area (Å²) in [5.41, 5.74) is 2.19. The van der Waals surface area contributed by atoms with Gasteiger partial charge in [-0.15, -0.1) is 24.1 Å². The lowest BCUT2D eigenvalue weighted by atomic mass is 9.91. The Labute approximate surface area is 171 Å². The van der Waals surface area contributed by atoms with Crippen LogP contribution < -0.4 is 5.32 Å². The van der Waals surface area contributed by atoms with Crippen LogP contribution in [-0.2, 0) is 4.79 Å². The molecule has 0 bridgehead atoms.